The number of fused-ring (bicyclic) bond motifs is 1. The van der Waals surface area contributed by atoms with E-state index < -0.39 is 0 Å². The molecule has 0 saturated carbocycles. The predicted octanol–water partition coefficient (Wildman–Crippen LogP) is 1.24. The molecular formula is C12H22N2O. The zero-order chi connectivity index (χ0) is 10.8. The highest BCUT2D eigenvalue weighted by atomic mass is 16.2. The predicted molar refractivity (Wildman–Crippen MR) is 60.5 cm³/mol. The third-order valence-corrected chi connectivity index (χ3v) is 3.61. The molecule has 15 heavy (non-hydrogen) atoms. The van der Waals surface area contributed by atoms with Crippen LogP contribution in [0.2, 0.25) is 0 Å². The van der Waals surface area contributed by atoms with Gasteiger partial charge in [-0.2, -0.15) is 0 Å². The van der Waals surface area contributed by atoms with Crippen molar-refractivity contribution in [2.75, 3.05) is 19.6 Å². The second kappa shape index (κ2) is 4.52. The highest BCUT2D eigenvalue weighted by Crippen LogP contribution is 2.25. The van der Waals surface area contributed by atoms with Gasteiger partial charge in [0.25, 0.3) is 0 Å². The average Bonchev–Trinajstić information content (AvgIpc) is 2.62. The molecule has 2 rings (SSSR count). The van der Waals surface area contributed by atoms with Crippen LogP contribution in [0.3, 0.4) is 0 Å². The van der Waals surface area contributed by atoms with Crippen molar-refractivity contribution < 1.29 is 4.79 Å². The molecule has 2 fully saturated rings. The smallest absolute Gasteiger partial charge is 0.222 e. The van der Waals surface area contributed by atoms with Gasteiger partial charge in [-0.25, -0.2) is 0 Å². The fourth-order valence-corrected chi connectivity index (χ4v) is 2.74. The number of nitrogens with zero attached hydrogens (tertiary/aromatic N) is 1. The normalized spacial score (nSPS) is 30.7. The van der Waals surface area contributed by atoms with Crippen molar-refractivity contribution in [1.29, 1.82) is 0 Å². The van der Waals surface area contributed by atoms with Gasteiger partial charge < -0.3 is 10.2 Å². The van der Waals surface area contributed by atoms with Crippen molar-refractivity contribution in [1.82, 2.24) is 10.2 Å². The van der Waals surface area contributed by atoms with E-state index in [1.807, 2.05) is 0 Å². The summed E-state index contributed by atoms with van der Waals surface area (Å²) in [5.41, 5.74) is 0. The van der Waals surface area contributed by atoms with Gasteiger partial charge in [-0.05, 0) is 31.2 Å². The van der Waals surface area contributed by atoms with E-state index in [1.165, 1.54) is 12.8 Å². The van der Waals surface area contributed by atoms with Crippen LogP contribution in [0.4, 0.5) is 0 Å². The van der Waals surface area contributed by atoms with E-state index in [4.69, 9.17) is 0 Å². The van der Waals surface area contributed by atoms with Crippen LogP contribution >= 0.6 is 0 Å². The third kappa shape index (κ3) is 2.51. The molecule has 0 aromatic heterocycles. The van der Waals surface area contributed by atoms with Crippen molar-refractivity contribution in [3.8, 4) is 0 Å². The number of hydrogen-bond acceptors (Lipinski definition) is 2. The molecule has 3 nitrogen and oxygen atoms in total. The zero-order valence-corrected chi connectivity index (χ0v) is 9.83. The number of piperidine rings is 1. The van der Waals surface area contributed by atoms with E-state index >= 15 is 0 Å². The maximum absolute atomic E-state index is 11.9. The summed E-state index contributed by atoms with van der Waals surface area (Å²) >= 11 is 0. The van der Waals surface area contributed by atoms with Crippen molar-refractivity contribution in [3.63, 3.8) is 0 Å². The summed E-state index contributed by atoms with van der Waals surface area (Å²) in [6.45, 7) is 7.28. The SMILES string of the molecule is CC(C)CC(=O)N1CC[C@H]2CCN[C@H]2C1. The van der Waals surface area contributed by atoms with Crippen molar-refractivity contribution >= 4 is 5.91 Å². The Morgan fingerprint density at radius 3 is 3.00 bits per heavy atom. The topological polar surface area (TPSA) is 32.3 Å². The van der Waals surface area contributed by atoms with Crippen LogP contribution in [0, 0.1) is 11.8 Å². The molecule has 2 aliphatic heterocycles. The molecule has 0 aromatic rings. The highest BCUT2D eigenvalue weighted by Gasteiger charge is 2.34. The van der Waals surface area contributed by atoms with Gasteiger partial charge in [0.1, 0.15) is 0 Å². The van der Waals surface area contributed by atoms with Gasteiger partial charge in [-0.3, -0.25) is 4.79 Å². The molecule has 0 radical (unpaired) electrons. The molecule has 0 aliphatic carbocycles. The quantitative estimate of drug-likeness (QED) is 0.744. The maximum atomic E-state index is 11.9. The maximum Gasteiger partial charge on any atom is 0.222 e. The zero-order valence-electron chi connectivity index (χ0n) is 9.83. The lowest BCUT2D eigenvalue weighted by Gasteiger charge is -2.35. The van der Waals surface area contributed by atoms with Crippen LogP contribution < -0.4 is 5.32 Å². The number of carbonyl (C=O) groups excluding carboxylic acids is 1. The molecule has 0 unspecified atom stereocenters. The molecule has 2 aliphatic rings. The van der Waals surface area contributed by atoms with Crippen LogP contribution in [0.25, 0.3) is 0 Å². The number of amides is 1. The first-order valence-electron chi connectivity index (χ1n) is 6.18. The van der Waals surface area contributed by atoms with Gasteiger partial charge in [0.05, 0.1) is 0 Å². The van der Waals surface area contributed by atoms with Gasteiger partial charge in [0.2, 0.25) is 5.91 Å². The molecule has 1 amide bonds. The second-order valence-electron chi connectivity index (χ2n) is 5.34. The number of hydrogen-bond donors (Lipinski definition) is 1. The van der Waals surface area contributed by atoms with E-state index in [2.05, 4.69) is 24.1 Å². The number of rotatable bonds is 2. The molecule has 86 valence electrons. The summed E-state index contributed by atoms with van der Waals surface area (Å²) in [6, 6.07) is 0.579. The summed E-state index contributed by atoms with van der Waals surface area (Å²) in [5, 5.41) is 3.50. The summed E-state index contributed by atoms with van der Waals surface area (Å²) in [6.07, 6.45) is 3.20. The lowest BCUT2D eigenvalue weighted by atomic mass is 9.92. The van der Waals surface area contributed by atoms with E-state index in [0.717, 1.165) is 25.6 Å². The Labute approximate surface area is 92.2 Å². The monoisotopic (exact) mass is 210 g/mol. The van der Waals surface area contributed by atoms with Crippen molar-refractivity contribution in [2.24, 2.45) is 11.8 Å². The van der Waals surface area contributed by atoms with Crippen LogP contribution in [0.5, 0.6) is 0 Å². The first-order chi connectivity index (χ1) is 7.16. The number of nitrogens with one attached hydrogen (secondary N) is 1. The summed E-state index contributed by atoms with van der Waals surface area (Å²) in [5.74, 6) is 1.65. The minimum absolute atomic E-state index is 0.345. The molecule has 1 N–H and O–H groups in total. The second-order valence-corrected chi connectivity index (χ2v) is 5.34. The molecular weight excluding hydrogens is 188 g/mol. The van der Waals surface area contributed by atoms with E-state index in [0.29, 0.717) is 24.3 Å². The Morgan fingerprint density at radius 1 is 1.47 bits per heavy atom. The van der Waals surface area contributed by atoms with Gasteiger partial charge in [-0.15, -0.1) is 0 Å². The molecule has 2 heterocycles. The largest absolute Gasteiger partial charge is 0.341 e. The van der Waals surface area contributed by atoms with Crippen LogP contribution in [-0.2, 0) is 4.79 Å². The standard InChI is InChI=1S/C12H22N2O/c1-9(2)7-12(15)14-6-4-10-3-5-13-11(10)8-14/h9-11,13H,3-8H2,1-2H3/t10-,11+/m1/s1. The van der Waals surface area contributed by atoms with E-state index in [9.17, 15) is 4.79 Å². The molecule has 0 spiro atoms. The van der Waals surface area contributed by atoms with Gasteiger partial charge >= 0.3 is 0 Å². The van der Waals surface area contributed by atoms with Gasteiger partial charge in [0, 0.05) is 25.6 Å². The third-order valence-electron chi connectivity index (χ3n) is 3.61. The minimum atomic E-state index is 0.345. The summed E-state index contributed by atoms with van der Waals surface area (Å²) < 4.78 is 0. The summed E-state index contributed by atoms with van der Waals surface area (Å²) in [7, 11) is 0. The Morgan fingerprint density at radius 2 is 2.27 bits per heavy atom. The first-order valence-corrected chi connectivity index (χ1v) is 6.18. The van der Waals surface area contributed by atoms with E-state index in [1.54, 1.807) is 0 Å². The van der Waals surface area contributed by atoms with E-state index in [-0.39, 0.29) is 0 Å². The molecule has 2 saturated heterocycles. The Bertz CT molecular complexity index is 240. The highest BCUT2D eigenvalue weighted by molar-refractivity contribution is 5.76. The van der Waals surface area contributed by atoms with Gasteiger partial charge in [-0.1, -0.05) is 13.8 Å². The Kier molecular flexibility index (Phi) is 3.29. The first kappa shape index (κ1) is 10.9. The number of likely N-dealkylation sites (tertiary alicyclic amines) is 1. The van der Waals surface area contributed by atoms with Crippen molar-refractivity contribution in [2.45, 2.75) is 39.2 Å². The van der Waals surface area contributed by atoms with Crippen molar-refractivity contribution in [3.05, 3.63) is 0 Å². The fraction of sp³-hybridized carbons (Fsp3) is 0.917. The van der Waals surface area contributed by atoms with Crippen LogP contribution in [0.1, 0.15) is 33.1 Å². The minimum Gasteiger partial charge on any atom is -0.341 e. The van der Waals surface area contributed by atoms with Crippen LogP contribution in [0.15, 0.2) is 0 Å². The Hall–Kier alpha value is -0.570. The lowest BCUT2D eigenvalue weighted by molar-refractivity contribution is -0.133. The summed E-state index contributed by atoms with van der Waals surface area (Å²) in [4.78, 5) is 14.0. The molecule has 2 atom stereocenters. The number of carbonyl (C=O) groups is 1. The Balaban J connectivity index is 1.86. The molecule has 0 aromatic carbocycles. The average molecular weight is 210 g/mol. The fourth-order valence-electron chi connectivity index (χ4n) is 2.74. The molecule has 0 bridgehead atoms. The molecule has 3 heteroatoms. The van der Waals surface area contributed by atoms with Gasteiger partial charge in [0.15, 0.2) is 0 Å². The lowest BCUT2D eigenvalue weighted by Crippen LogP contribution is -2.48. The van der Waals surface area contributed by atoms with Crippen LogP contribution in [-0.4, -0.2) is 36.5 Å².